The van der Waals surface area contributed by atoms with Gasteiger partial charge in [0.25, 0.3) is 0 Å². The van der Waals surface area contributed by atoms with E-state index in [0.29, 0.717) is 38.5 Å². The van der Waals surface area contributed by atoms with Crippen LogP contribution in [0.4, 0.5) is 5.13 Å². The second kappa shape index (κ2) is 5.29. The quantitative estimate of drug-likeness (QED) is 0.858. The van der Waals surface area contributed by atoms with Crippen LogP contribution in [0.3, 0.4) is 0 Å². The number of hydrogen-bond acceptors (Lipinski definition) is 6. The molecule has 1 fully saturated rings. The summed E-state index contributed by atoms with van der Waals surface area (Å²) >= 11 is 1.35. The molecular formula is C11H19N3O2S. The Kier molecular flexibility index (Phi) is 3.96. The maximum atomic E-state index is 10.3. The smallest absolute Gasteiger partial charge is 0.202 e. The van der Waals surface area contributed by atoms with Crippen molar-refractivity contribution in [3.05, 3.63) is 5.82 Å². The second-order valence-corrected chi connectivity index (χ2v) is 5.55. The average Bonchev–Trinajstić information content (AvgIpc) is 2.76. The van der Waals surface area contributed by atoms with Crippen molar-refractivity contribution in [1.29, 1.82) is 0 Å². The van der Waals surface area contributed by atoms with Crippen LogP contribution >= 0.6 is 11.5 Å². The van der Waals surface area contributed by atoms with E-state index >= 15 is 0 Å². The molecule has 2 rings (SSSR count). The second-order valence-electron chi connectivity index (χ2n) is 4.80. The largest absolute Gasteiger partial charge is 0.388 e. The maximum Gasteiger partial charge on any atom is 0.202 e. The first-order valence-corrected chi connectivity index (χ1v) is 6.74. The zero-order chi connectivity index (χ0) is 12.3. The number of anilines is 1. The maximum absolute atomic E-state index is 10.3. The predicted molar refractivity (Wildman–Crippen MR) is 67.5 cm³/mol. The minimum Gasteiger partial charge on any atom is -0.388 e. The van der Waals surface area contributed by atoms with Gasteiger partial charge in [0.15, 0.2) is 0 Å². The van der Waals surface area contributed by atoms with Gasteiger partial charge in [-0.2, -0.15) is 4.37 Å². The Labute approximate surface area is 105 Å². The lowest BCUT2D eigenvalue weighted by molar-refractivity contribution is -0.0543. The van der Waals surface area contributed by atoms with Gasteiger partial charge in [0.2, 0.25) is 5.13 Å². The Morgan fingerprint density at radius 3 is 2.76 bits per heavy atom. The van der Waals surface area contributed by atoms with Gasteiger partial charge in [-0.25, -0.2) is 4.98 Å². The van der Waals surface area contributed by atoms with E-state index in [0.717, 1.165) is 11.0 Å². The summed E-state index contributed by atoms with van der Waals surface area (Å²) in [5.41, 5.74) is -0.665. The number of nitrogens with one attached hydrogen (secondary N) is 1. The van der Waals surface area contributed by atoms with Crippen LogP contribution in [0.25, 0.3) is 0 Å². The van der Waals surface area contributed by atoms with E-state index in [9.17, 15) is 5.11 Å². The van der Waals surface area contributed by atoms with E-state index in [2.05, 4.69) is 28.5 Å². The van der Waals surface area contributed by atoms with E-state index in [1.807, 2.05) is 0 Å². The SMILES string of the molecule is CC(C)c1nsc(NCC2(O)CCOCC2)n1. The van der Waals surface area contributed by atoms with Crippen molar-refractivity contribution >= 4 is 16.7 Å². The van der Waals surface area contributed by atoms with Crippen molar-refractivity contribution in [3.8, 4) is 0 Å². The number of ether oxygens (including phenoxy) is 1. The highest BCUT2D eigenvalue weighted by Gasteiger charge is 2.29. The third kappa shape index (κ3) is 3.37. The van der Waals surface area contributed by atoms with Crippen LogP contribution < -0.4 is 5.32 Å². The molecule has 5 nitrogen and oxygen atoms in total. The summed E-state index contributed by atoms with van der Waals surface area (Å²) in [6.45, 7) is 5.91. The van der Waals surface area contributed by atoms with E-state index in [4.69, 9.17) is 4.74 Å². The number of aromatic nitrogens is 2. The lowest BCUT2D eigenvalue weighted by Gasteiger charge is -2.31. The van der Waals surface area contributed by atoms with Crippen molar-refractivity contribution in [1.82, 2.24) is 9.36 Å². The van der Waals surface area contributed by atoms with Crippen LogP contribution in [0.1, 0.15) is 38.4 Å². The van der Waals surface area contributed by atoms with Gasteiger partial charge in [-0.1, -0.05) is 13.8 Å². The fraction of sp³-hybridized carbons (Fsp3) is 0.818. The lowest BCUT2D eigenvalue weighted by atomic mass is 9.95. The highest BCUT2D eigenvalue weighted by atomic mass is 32.1. The molecule has 1 aliphatic rings. The average molecular weight is 257 g/mol. The Hall–Kier alpha value is -0.720. The molecule has 96 valence electrons. The standard InChI is InChI=1S/C11H19N3O2S/c1-8(2)9-13-10(17-14-9)12-7-11(15)3-5-16-6-4-11/h8,15H,3-7H2,1-2H3,(H,12,13,14). The van der Waals surface area contributed by atoms with E-state index < -0.39 is 5.60 Å². The van der Waals surface area contributed by atoms with Crippen LogP contribution in [0, 0.1) is 0 Å². The molecule has 17 heavy (non-hydrogen) atoms. The Bertz CT molecular complexity index is 361. The van der Waals surface area contributed by atoms with Gasteiger partial charge in [-0.05, 0) is 0 Å². The molecule has 2 heterocycles. The Balaban J connectivity index is 1.88. The highest BCUT2D eigenvalue weighted by molar-refractivity contribution is 7.09. The monoisotopic (exact) mass is 257 g/mol. The molecule has 0 bridgehead atoms. The normalized spacial score (nSPS) is 19.5. The summed E-state index contributed by atoms with van der Waals surface area (Å²) in [6, 6.07) is 0. The zero-order valence-corrected chi connectivity index (χ0v) is 11.1. The summed E-state index contributed by atoms with van der Waals surface area (Å²) in [5, 5.41) is 14.2. The highest BCUT2D eigenvalue weighted by Crippen LogP contribution is 2.22. The molecule has 0 unspecified atom stereocenters. The first kappa shape index (κ1) is 12.7. The van der Waals surface area contributed by atoms with Crippen LogP contribution in [0.15, 0.2) is 0 Å². The predicted octanol–water partition coefficient (Wildman–Crippen LogP) is 1.61. The van der Waals surface area contributed by atoms with Crippen molar-refractivity contribution in [3.63, 3.8) is 0 Å². The van der Waals surface area contributed by atoms with E-state index in [1.54, 1.807) is 0 Å². The third-order valence-electron chi connectivity index (χ3n) is 2.95. The molecule has 0 radical (unpaired) electrons. The fourth-order valence-electron chi connectivity index (χ4n) is 1.71. The Morgan fingerprint density at radius 2 is 2.18 bits per heavy atom. The molecule has 0 amide bonds. The topological polar surface area (TPSA) is 67.3 Å². The van der Waals surface area contributed by atoms with E-state index in [-0.39, 0.29) is 0 Å². The van der Waals surface area contributed by atoms with Crippen molar-refractivity contribution in [2.45, 2.75) is 38.2 Å². The Morgan fingerprint density at radius 1 is 1.47 bits per heavy atom. The minimum atomic E-state index is -0.665. The first-order chi connectivity index (χ1) is 8.09. The summed E-state index contributed by atoms with van der Waals surface area (Å²) in [4.78, 5) is 4.38. The molecule has 2 N–H and O–H groups in total. The fourth-order valence-corrected chi connectivity index (χ4v) is 2.41. The molecule has 0 atom stereocenters. The van der Waals surface area contributed by atoms with Crippen molar-refractivity contribution in [2.24, 2.45) is 0 Å². The molecule has 1 aromatic heterocycles. The number of hydrogen-bond donors (Lipinski definition) is 2. The molecule has 0 spiro atoms. The zero-order valence-electron chi connectivity index (χ0n) is 10.3. The molecular weight excluding hydrogens is 238 g/mol. The van der Waals surface area contributed by atoms with Gasteiger partial charge in [-0.3, -0.25) is 0 Å². The van der Waals surface area contributed by atoms with Gasteiger partial charge < -0.3 is 15.2 Å². The van der Waals surface area contributed by atoms with Gasteiger partial charge in [0.05, 0.1) is 5.60 Å². The molecule has 0 aromatic carbocycles. The van der Waals surface area contributed by atoms with Crippen molar-refractivity contribution in [2.75, 3.05) is 25.1 Å². The number of rotatable bonds is 4. The molecule has 6 heteroatoms. The summed E-state index contributed by atoms with van der Waals surface area (Å²) in [5.74, 6) is 1.20. The van der Waals surface area contributed by atoms with Crippen LogP contribution in [0.2, 0.25) is 0 Å². The van der Waals surface area contributed by atoms with Crippen LogP contribution in [-0.2, 0) is 4.74 Å². The van der Waals surface area contributed by atoms with Crippen molar-refractivity contribution < 1.29 is 9.84 Å². The van der Waals surface area contributed by atoms with Gasteiger partial charge >= 0.3 is 0 Å². The summed E-state index contributed by atoms with van der Waals surface area (Å²) in [6.07, 6.45) is 1.35. The van der Waals surface area contributed by atoms with Gasteiger partial charge in [0.1, 0.15) is 5.82 Å². The third-order valence-corrected chi connectivity index (χ3v) is 3.64. The lowest BCUT2D eigenvalue weighted by Crippen LogP contribution is -2.42. The van der Waals surface area contributed by atoms with E-state index in [1.165, 1.54) is 11.5 Å². The van der Waals surface area contributed by atoms with Crippen LogP contribution in [0.5, 0.6) is 0 Å². The van der Waals surface area contributed by atoms with Gasteiger partial charge in [-0.15, -0.1) is 0 Å². The molecule has 0 saturated carbocycles. The molecule has 1 aliphatic heterocycles. The minimum absolute atomic E-state index is 0.341. The molecule has 1 saturated heterocycles. The number of nitrogens with zero attached hydrogens (tertiary/aromatic N) is 2. The molecule has 1 aromatic rings. The first-order valence-electron chi connectivity index (χ1n) is 5.97. The molecule has 0 aliphatic carbocycles. The summed E-state index contributed by atoms with van der Waals surface area (Å²) < 4.78 is 9.50. The van der Waals surface area contributed by atoms with Gasteiger partial charge in [0, 0.05) is 50.1 Å². The summed E-state index contributed by atoms with van der Waals surface area (Å²) in [7, 11) is 0. The number of aliphatic hydroxyl groups is 1. The van der Waals surface area contributed by atoms with Crippen LogP contribution in [-0.4, -0.2) is 39.8 Å².